The van der Waals surface area contributed by atoms with Crippen molar-refractivity contribution in [2.75, 3.05) is 34.7 Å². The molecule has 4 aliphatic rings. The average molecular weight is 489 g/mol. The van der Waals surface area contributed by atoms with Crippen molar-refractivity contribution in [1.29, 1.82) is 0 Å². The van der Waals surface area contributed by atoms with Crippen molar-refractivity contribution < 1.29 is 24.0 Å². The van der Waals surface area contributed by atoms with Crippen molar-refractivity contribution in [2.24, 2.45) is 5.41 Å². The van der Waals surface area contributed by atoms with Crippen LogP contribution in [-0.4, -0.2) is 95.7 Å². The molecule has 192 valence electrons. The zero-order chi connectivity index (χ0) is 25.7. The molecular formula is C24H36N6O5. The van der Waals surface area contributed by atoms with Crippen molar-refractivity contribution >= 4 is 29.8 Å². The zero-order valence-corrected chi connectivity index (χ0v) is 21.3. The number of hydrogen-bond acceptors (Lipinski definition) is 7. The lowest BCUT2D eigenvalue weighted by Gasteiger charge is -2.58. The number of hydrogen-bond donors (Lipinski definition) is 2. The monoisotopic (exact) mass is 488 g/mol. The van der Waals surface area contributed by atoms with Gasteiger partial charge < -0.3 is 15.5 Å². The van der Waals surface area contributed by atoms with Crippen LogP contribution in [0.1, 0.15) is 58.3 Å². The van der Waals surface area contributed by atoms with E-state index in [0.717, 1.165) is 19.3 Å². The van der Waals surface area contributed by atoms with Crippen molar-refractivity contribution in [2.45, 2.75) is 69.9 Å². The van der Waals surface area contributed by atoms with E-state index in [1.165, 1.54) is 21.7 Å². The summed E-state index contributed by atoms with van der Waals surface area (Å²) >= 11 is 0. The van der Waals surface area contributed by atoms with Crippen LogP contribution in [-0.2, 0) is 14.4 Å². The van der Waals surface area contributed by atoms with Crippen LogP contribution in [0.15, 0.2) is 11.4 Å². The molecule has 4 rings (SSSR count). The minimum atomic E-state index is -0.761. The molecule has 35 heavy (non-hydrogen) atoms. The van der Waals surface area contributed by atoms with Crippen LogP contribution in [0.25, 0.3) is 0 Å². The Bertz CT molecular complexity index is 984. The number of nitrogens with one attached hydrogen (secondary N) is 2. The Morgan fingerprint density at radius 3 is 2.03 bits per heavy atom. The van der Waals surface area contributed by atoms with Crippen LogP contribution in [0.2, 0.25) is 0 Å². The summed E-state index contributed by atoms with van der Waals surface area (Å²) in [4.78, 5) is 70.2. The molecule has 2 spiro atoms. The van der Waals surface area contributed by atoms with Gasteiger partial charge >= 0.3 is 12.1 Å². The van der Waals surface area contributed by atoms with E-state index in [9.17, 15) is 24.0 Å². The molecule has 2 aliphatic heterocycles. The minimum Gasteiger partial charge on any atom is -0.374 e. The van der Waals surface area contributed by atoms with Crippen LogP contribution >= 0.6 is 0 Å². The molecule has 0 aromatic heterocycles. The van der Waals surface area contributed by atoms with E-state index in [2.05, 4.69) is 10.6 Å². The van der Waals surface area contributed by atoms with E-state index in [4.69, 9.17) is 0 Å². The zero-order valence-electron chi connectivity index (χ0n) is 21.3. The van der Waals surface area contributed by atoms with Crippen LogP contribution in [0.5, 0.6) is 0 Å². The van der Waals surface area contributed by atoms with Gasteiger partial charge in [-0.1, -0.05) is 13.3 Å². The largest absolute Gasteiger partial charge is 0.374 e. The third kappa shape index (κ3) is 3.58. The van der Waals surface area contributed by atoms with E-state index in [-0.39, 0.29) is 35.5 Å². The quantitative estimate of drug-likeness (QED) is 0.327. The summed E-state index contributed by atoms with van der Waals surface area (Å²) < 4.78 is 0. The van der Waals surface area contributed by atoms with Crippen molar-refractivity contribution in [3.8, 4) is 0 Å². The molecule has 0 atom stereocenters. The van der Waals surface area contributed by atoms with Crippen molar-refractivity contribution in [3.05, 3.63) is 11.4 Å². The van der Waals surface area contributed by atoms with Gasteiger partial charge in [-0.2, -0.15) is 0 Å². The summed E-state index contributed by atoms with van der Waals surface area (Å²) in [6.07, 6.45) is 5.40. The van der Waals surface area contributed by atoms with Gasteiger partial charge in [-0.05, 0) is 50.4 Å². The molecule has 0 bridgehead atoms. The van der Waals surface area contributed by atoms with Gasteiger partial charge in [0.1, 0.15) is 16.9 Å². The Hall–Kier alpha value is -3.11. The van der Waals surface area contributed by atoms with Crippen LogP contribution in [0, 0.1) is 5.41 Å². The maximum absolute atomic E-state index is 13.5. The number of carbonyl (C=O) groups excluding carboxylic acids is 5. The molecule has 2 aliphatic carbocycles. The Kier molecular flexibility index (Phi) is 6.31. The second-order valence-corrected chi connectivity index (χ2v) is 10.3. The van der Waals surface area contributed by atoms with E-state index < -0.39 is 23.4 Å². The van der Waals surface area contributed by atoms with Gasteiger partial charge in [0.25, 0.3) is 17.7 Å². The molecule has 0 radical (unpaired) electrons. The third-order valence-corrected chi connectivity index (χ3v) is 8.45. The maximum Gasteiger partial charge on any atom is 0.334 e. The summed E-state index contributed by atoms with van der Waals surface area (Å²) in [6, 6.07) is -1.14. The first kappa shape index (κ1) is 25.0. The molecule has 0 unspecified atom stereocenters. The number of nitrogens with zero attached hydrogens (tertiary/aromatic N) is 4. The summed E-state index contributed by atoms with van der Waals surface area (Å²) in [5.74, 6) is -1.00. The number of amides is 7. The highest BCUT2D eigenvalue weighted by Crippen LogP contribution is 2.61. The predicted molar refractivity (Wildman–Crippen MR) is 127 cm³/mol. The fraction of sp³-hybridized carbons (Fsp3) is 0.708. The first-order chi connectivity index (χ1) is 16.6. The summed E-state index contributed by atoms with van der Waals surface area (Å²) in [6.45, 7) is 2.24. The molecule has 2 saturated carbocycles. The maximum atomic E-state index is 13.5. The van der Waals surface area contributed by atoms with Gasteiger partial charge in [0.05, 0.1) is 0 Å². The standard InChI is InChI=1S/C24H36N6O5/c1-6-7-12-29-18(31)16(17(25-2)26-3)19(32)30(22(29)35)15-8-10-23(11-9-15)13-24(14-23)20(33)27(4)21(34)28(24)5/h15,25-26H,6-14H2,1-5H3. The van der Waals surface area contributed by atoms with E-state index in [1.54, 1.807) is 26.0 Å². The van der Waals surface area contributed by atoms with Gasteiger partial charge in [0.2, 0.25) is 0 Å². The fourth-order valence-corrected chi connectivity index (χ4v) is 6.43. The summed E-state index contributed by atoms with van der Waals surface area (Å²) in [5.41, 5.74) is -0.887. The Morgan fingerprint density at radius 1 is 0.943 bits per heavy atom. The smallest absolute Gasteiger partial charge is 0.334 e. The van der Waals surface area contributed by atoms with Gasteiger partial charge in [0.15, 0.2) is 0 Å². The van der Waals surface area contributed by atoms with Crippen LogP contribution < -0.4 is 10.6 Å². The number of urea groups is 2. The molecule has 0 aromatic carbocycles. The van der Waals surface area contributed by atoms with Crippen molar-refractivity contribution in [3.63, 3.8) is 0 Å². The number of rotatable bonds is 6. The predicted octanol–water partition coefficient (Wildman–Crippen LogP) is 1.21. The first-order valence-corrected chi connectivity index (χ1v) is 12.4. The van der Waals surface area contributed by atoms with Crippen LogP contribution in [0.3, 0.4) is 0 Å². The lowest BCUT2D eigenvalue weighted by atomic mass is 9.51. The molecule has 4 fully saturated rings. The number of barbiturate groups is 1. The van der Waals surface area contributed by atoms with Gasteiger partial charge in [-0.15, -0.1) is 0 Å². The SMILES string of the molecule is CCCCN1C(=O)C(=C(NC)NC)C(=O)N(C2CCC3(CC2)CC2(C3)C(=O)N(C)C(=O)N2C)C1=O. The molecule has 2 N–H and O–H groups in total. The van der Waals surface area contributed by atoms with E-state index in [1.807, 2.05) is 6.92 Å². The number of imide groups is 3. The lowest BCUT2D eigenvalue weighted by Crippen LogP contribution is -2.65. The summed E-state index contributed by atoms with van der Waals surface area (Å²) in [7, 11) is 6.45. The Balaban J connectivity index is 1.52. The van der Waals surface area contributed by atoms with Crippen molar-refractivity contribution in [1.82, 2.24) is 30.2 Å². The number of likely N-dealkylation sites (N-methyl/N-ethyl adjacent to an activating group) is 2. The first-order valence-electron chi connectivity index (χ1n) is 12.4. The highest BCUT2D eigenvalue weighted by molar-refractivity contribution is 6.29. The average Bonchev–Trinajstić information content (AvgIpc) is 2.98. The highest BCUT2D eigenvalue weighted by atomic mass is 16.2. The Morgan fingerprint density at radius 2 is 1.54 bits per heavy atom. The molecule has 11 heteroatoms. The van der Waals surface area contributed by atoms with Gasteiger partial charge in [-0.3, -0.25) is 29.1 Å². The molecule has 2 saturated heterocycles. The second kappa shape index (κ2) is 8.83. The molecule has 2 heterocycles. The topological polar surface area (TPSA) is 122 Å². The Labute approximate surface area is 205 Å². The molecule has 11 nitrogen and oxygen atoms in total. The van der Waals surface area contributed by atoms with E-state index >= 15 is 0 Å². The molecular weight excluding hydrogens is 452 g/mol. The second-order valence-electron chi connectivity index (χ2n) is 10.3. The fourth-order valence-electron chi connectivity index (χ4n) is 6.43. The highest BCUT2D eigenvalue weighted by Gasteiger charge is 2.67. The van der Waals surface area contributed by atoms with Gasteiger partial charge in [-0.25, -0.2) is 9.59 Å². The van der Waals surface area contributed by atoms with Gasteiger partial charge in [0, 0.05) is 40.8 Å². The molecule has 7 amide bonds. The summed E-state index contributed by atoms with van der Waals surface area (Å²) in [5, 5.41) is 5.73. The molecule has 0 aromatic rings. The number of unbranched alkanes of at least 4 members (excludes halogenated alkanes) is 1. The lowest BCUT2D eigenvalue weighted by molar-refractivity contribution is -0.149. The minimum absolute atomic E-state index is 0.0479. The normalized spacial score (nSPS) is 31.2. The number of carbonyl (C=O) groups is 5. The van der Waals surface area contributed by atoms with Crippen LogP contribution in [0.4, 0.5) is 9.59 Å². The third-order valence-electron chi connectivity index (χ3n) is 8.45. The van der Waals surface area contributed by atoms with E-state index in [0.29, 0.717) is 37.9 Å².